The fourth-order valence-electron chi connectivity index (χ4n) is 1.65. The van der Waals surface area contributed by atoms with Crippen LogP contribution in [0.5, 0.6) is 0 Å². The minimum atomic E-state index is -3.91. The normalized spacial score (nSPS) is 11.5. The Bertz CT molecular complexity index is 744. The van der Waals surface area contributed by atoms with E-state index in [9.17, 15) is 17.6 Å². The van der Waals surface area contributed by atoms with Crippen LogP contribution < -0.4 is 4.72 Å². The maximum absolute atomic E-state index is 13.2. The maximum atomic E-state index is 13.2. The minimum Gasteiger partial charge on any atom is -0.478 e. The van der Waals surface area contributed by atoms with Crippen LogP contribution in [-0.4, -0.2) is 35.8 Å². The van der Waals surface area contributed by atoms with E-state index in [1.807, 2.05) is 0 Å². The standard InChI is InChI=1S/C12H12FN3O4S/c13-11-3-2-9(8-10(11)12(17)18)21(19,20)15-5-7-16-6-1-4-14-16/h1-4,6,8,15H,5,7H2,(H,17,18). The highest BCUT2D eigenvalue weighted by Crippen LogP contribution is 2.15. The van der Waals surface area contributed by atoms with Gasteiger partial charge in [-0.2, -0.15) is 5.10 Å². The molecule has 112 valence electrons. The summed E-state index contributed by atoms with van der Waals surface area (Å²) < 4.78 is 41.1. The molecular weight excluding hydrogens is 301 g/mol. The van der Waals surface area contributed by atoms with Crippen molar-refractivity contribution in [2.75, 3.05) is 6.54 Å². The van der Waals surface area contributed by atoms with Gasteiger partial charge in [0, 0.05) is 18.9 Å². The number of halogens is 1. The third kappa shape index (κ3) is 3.64. The number of sulfonamides is 1. The van der Waals surface area contributed by atoms with E-state index in [1.165, 1.54) is 4.68 Å². The highest BCUT2D eigenvalue weighted by atomic mass is 32.2. The number of rotatable bonds is 6. The van der Waals surface area contributed by atoms with E-state index in [0.29, 0.717) is 6.54 Å². The van der Waals surface area contributed by atoms with E-state index in [2.05, 4.69) is 9.82 Å². The van der Waals surface area contributed by atoms with Gasteiger partial charge in [0.1, 0.15) is 5.82 Å². The quantitative estimate of drug-likeness (QED) is 0.817. The molecule has 1 aromatic carbocycles. The maximum Gasteiger partial charge on any atom is 0.338 e. The lowest BCUT2D eigenvalue weighted by Gasteiger charge is -2.08. The Hall–Kier alpha value is -2.26. The topological polar surface area (TPSA) is 101 Å². The molecule has 0 fully saturated rings. The average Bonchev–Trinajstić information content (AvgIpc) is 2.91. The van der Waals surface area contributed by atoms with Gasteiger partial charge in [0.15, 0.2) is 0 Å². The third-order valence-electron chi connectivity index (χ3n) is 2.67. The Morgan fingerprint density at radius 3 is 2.81 bits per heavy atom. The first-order chi connectivity index (χ1) is 9.90. The number of aromatic carboxylic acids is 1. The molecule has 2 aromatic rings. The van der Waals surface area contributed by atoms with Crippen LogP contribution in [0.2, 0.25) is 0 Å². The second-order valence-electron chi connectivity index (χ2n) is 4.11. The van der Waals surface area contributed by atoms with Gasteiger partial charge in [0.2, 0.25) is 10.0 Å². The summed E-state index contributed by atoms with van der Waals surface area (Å²) in [6, 6.07) is 4.31. The Labute approximate surface area is 120 Å². The molecule has 7 nitrogen and oxygen atoms in total. The van der Waals surface area contributed by atoms with E-state index in [0.717, 1.165) is 18.2 Å². The van der Waals surface area contributed by atoms with Crippen molar-refractivity contribution < 1.29 is 22.7 Å². The summed E-state index contributed by atoms with van der Waals surface area (Å²) in [6.45, 7) is 0.392. The van der Waals surface area contributed by atoms with Gasteiger partial charge < -0.3 is 5.11 Å². The van der Waals surface area contributed by atoms with Crippen LogP contribution in [-0.2, 0) is 16.6 Å². The molecule has 0 spiro atoms. The molecule has 9 heteroatoms. The summed E-state index contributed by atoms with van der Waals surface area (Å²) in [6.07, 6.45) is 3.24. The molecular formula is C12H12FN3O4S. The molecule has 1 aromatic heterocycles. The zero-order valence-corrected chi connectivity index (χ0v) is 11.5. The molecule has 0 saturated carbocycles. The molecule has 0 atom stereocenters. The van der Waals surface area contributed by atoms with Crippen LogP contribution >= 0.6 is 0 Å². The van der Waals surface area contributed by atoms with E-state index < -0.39 is 27.4 Å². The second kappa shape index (κ2) is 6.02. The monoisotopic (exact) mass is 313 g/mol. The summed E-state index contributed by atoms with van der Waals surface area (Å²) in [4.78, 5) is 10.5. The molecule has 2 N–H and O–H groups in total. The van der Waals surface area contributed by atoms with Crippen LogP contribution in [0.4, 0.5) is 4.39 Å². The van der Waals surface area contributed by atoms with Gasteiger partial charge in [0.05, 0.1) is 17.0 Å². The summed E-state index contributed by atoms with van der Waals surface area (Å²) in [7, 11) is -3.91. The SMILES string of the molecule is O=C(O)c1cc(S(=O)(=O)NCCn2cccn2)ccc1F. The predicted molar refractivity (Wildman–Crippen MR) is 70.8 cm³/mol. The van der Waals surface area contributed by atoms with Crippen molar-refractivity contribution >= 4 is 16.0 Å². The smallest absolute Gasteiger partial charge is 0.338 e. The molecule has 0 aliphatic heterocycles. The number of hydrogen-bond acceptors (Lipinski definition) is 4. The van der Waals surface area contributed by atoms with Crippen LogP contribution in [0.3, 0.4) is 0 Å². The van der Waals surface area contributed by atoms with E-state index in [1.54, 1.807) is 18.5 Å². The molecule has 0 amide bonds. The average molecular weight is 313 g/mol. The molecule has 0 unspecified atom stereocenters. The molecule has 0 aliphatic rings. The lowest BCUT2D eigenvalue weighted by Crippen LogP contribution is -2.27. The number of carboxylic acids is 1. The fraction of sp³-hybridized carbons (Fsp3) is 0.167. The van der Waals surface area contributed by atoms with E-state index in [-0.39, 0.29) is 11.4 Å². The zero-order chi connectivity index (χ0) is 15.5. The first-order valence-corrected chi connectivity index (χ1v) is 7.38. The van der Waals surface area contributed by atoms with Crippen molar-refractivity contribution in [2.24, 2.45) is 0 Å². The van der Waals surface area contributed by atoms with Crippen LogP contribution in [0.1, 0.15) is 10.4 Å². The van der Waals surface area contributed by atoms with Crippen molar-refractivity contribution in [3.05, 3.63) is 48.0 Å². The third-order valence-corrected chi connectivity index (χ3v) is 4.13. The second-order valence-corrected chi connectivity index (χ2v) is 5.88. The number of nitrogens with one attached hydrogen (secondary N) is 1. The van der Waals surface area contributed by atoms with Crippen molar-refractivity contribution in [3.8, 4) is 0 Å². The minimum absolute atomic E-state index is 0.0732. The highest BCUT2D eigenvalue weighted by molar-refractivity contribution is 7.89. The van der Waals surface area contributed by atoms with E-state index in [4.69, 9.17) is 5.11 Å². The first kappa shape index (κ1) is 15.1. The molecule has 1 heterocycles. The lowest BCUT2D eigenvalue weighted by molar-refractivity contribution is 0.0691. The molecule has 2 rings (SSSR count). The Morgan fingerprint density at radius 1 is 1.43 bits per heavy atom. The van der Waals surface area contributed by atoms with Crippen LogP contribution in [0.25, 0.3) is 0 Å². The summed E-state index contributed by atoms with van der Waals surface area (Å²) in [5.41, 5.74) is -0.690. The van der Waals surface area contributed by atoms with Gasteiger partial charge in [-0.25, -0.2) is 22.3 Å². The Morgan fingerprint density at radius 2 is 2.19 bits per heavy atom. The number of benzene rings is 1. The largest absolute Gasteiger partial charge is 0.478 e. The summed E-state index contributed by atoms with van der Waals surface area (Å²) in [5, 5.41) is 12.7. The van der Waals surface area contributed by atoms with Crippen molar-refractivity contribution in [3.63, 3.8) is 0 Å². The highest BCUT2D eigenvalue weighted by Gasteiger charge is 2.18. The number of carbonyl (C=O) groups is 1. The number of carboxylic acid groups (broad SMARTS) is 1. The van der Waals surface area contributed by atoms with Crippen LogP contribution in [0, 0.1) is 5.82 Å². The molecule has 21 heavy (non-hydrogen) atoms. The van der Waals surface area contributed by atoms with Gasteiger partial charge in [-0.1, -0.05) is 0 Å². The lowest BCUT2D eigenvalue weighted by atomic mass is 10.2. The Kier molecular flexibility index (Phi) is 4.34. The zero-order valence-electron chi connectivity index (χ0n) is 10.7. The molecule has 0 radical (unpaired) electrons. The van der Waals surface area contributed by atoms with E-state index >= 15 is 0 Å². The van der Waals surface area contributed by atoms with Crippen molar-refractivity contribution in [1.82, 2.24) is 14.5 Å². The van der Waals surface area contributed by atoms with Gasteiger partial charge in [0.25, 0.3) is 0 Å². The summed E-state index contributed by atoms with van der Waals surface area (Å²) in [5.74, 6) is -2.51. The Balaban J connectivity index is 2.12. The van der Waals surface area contributed by atoms with Gasteiger partial charge >= 0.3 is 5.97 Å². The number of aromatic nitrogens is 2. The van der Waals surface area contributed by atoms with Crippen LogP contribution in [0.15, 0.2) is 41.6 Å². The van der Waals surface area contributed by atoms with Gasteiger partial charge in [-0.15, -0.1) is 0 Å². The van der Waals surface area contributed by atoms with Gasteiger partial charge in [-0.05, 0) is 24.3 Å². The number of hydrogen-bond donors (Lipinski definition) is 2. The molecule has 0 saturated heterocycles. The number of nitrogens with zero attached hydrogens (tertiary/aromatic N) is 2. The first-order valence-electron chi connectivity index (χ1n) is 5.90. The summed E-state index contributed by atoms with van der Waals surface area (Å²) >= 11 is 0. The van der Waals surface area contributed by atoms with Crippen molar-refractivity contribution in [2.45, 2.75) is 11.4 Å². The van der Waals surface area contributed by atoms with Crippen molar-refractivity contribution in [1.29, 1.82) is 0 Å². The van der Waals surface area contributed by atoms with Gasteiger partial charge in [-0.3, -0.25) is 4.68 Å². The fourth-order valence-corrected chi connectivity index (χ4v) is 2.69. The predicted octanol–water partition coefficient (Wildman–Crippen LogP) is 0.699. The molecule has 0 aliphatic carbocycles. The molecule has 0 bridgehead atoms.